The van der Waals surface area contributed by atoms with E-state index in [0.717, 1.165) is 10.6 Å². The molecule has 3 heteroatoms. The second kappa shape index (κ2) is 4.42. The van der Waals surface area contributed by atoms with Crippen molar-refractivity contribution in [2.45, 2.75) is 18.7 Å². The van der Waals surface area contributed by atoms with Gasteiger partial charge < -0.3 is 0 Å². The van der Waals surface area contributed by atoms with Crippen LogP contribution in [-0.2, 0) is 0 Å². The van der Waals surface area contributed by atoms with E-state index in [4.69, 9.17) is 0 Å². The van der Waals surface area contributed by atoms with Crippen molar-refractivity contribution in [1.29, 1.82) is 0 Å². The number of ketones is 1. The average Bonchev–Trinajstić information content (AvgIpc) is 2.08. The van der Waals surface area contributed by atoms with Gasteiger partial charge in [0, 0.05) is 4.90 Å². The molecule has 13 heavy (non-hydrogen) atoms. The predicted octanol–water partition coefficient (Wildman–Crippen LogP) is 3.14. The summed E-state index contributed by atoms with van der Waals surface area (Å²) in [4.78, 5) is 11.9. The van der Waals surface area contributed by atoms with Crippen LogP contribution in [0.5, 0.6) is 0 Å². The van der Waals surface area contributed by atoms with Crippen LogP contribution in [0.4, 0.5) is 4.39 Å². The Balaban J connectivity index is 3.04. The second-order valence-electron chi connectivity index (χ2n) is 2.63. The number of rotatable bonds is 3. The minimum absolute atomic E-state index is 0.179. The molecule has 0 atom stereocenters. The minimum Gasteiger partial charge on any atom is -0.294 e. The largest absolute Gasteiger partial charge is 0.294 e. The standard InChI is InChI=1S/C10H11FOS/c1-3-13-8-4-5-10(11)9(6-8)7(2)12/h4-6H,3H2,1-2H3. The Morgan fingerprint density at radius 2 is 2.23 bits per heavy atom. The highest BCUT2D eigenvalue weighted by atomic mass is 32.2. The van der Waals surface area contributed by atoms with Crippen LogP contribution in [0.2, 0.25) is 0 Å². The van der Waals surface area contributed by atoms with Gasteiger partial charge in [-0.1, -0.05) is 6.92 Å². The first-order chi connectivity index (χ1) is 6.15. The van der Waals surface area contributed by atoms with E-state index in [2.05, 4.69) is 0 Å². The van der Waals surface area contributed by atoms with Crippen LogP contribution >= 0.6 is 11.8 Å². The lowest BCUT2D eigenvalue weighted by molar-refractivity contribution is 0.101. The smallest absolute Gasteiger partial charge is 0.162 e. The zero-order valence-corrected chi connectivity index (χ0v) is 8.45. The van der Waals surface area contributed by atoms with E-state index in [1.165, 1.54) is 13.0 Å². The third-order valence-corrected chi connectivity index (χ3v) is 2.50. The third kappa shape index (κ3) is 2.56. The fraction of sp³-hybridized carbons (Fsp3) is 0.300. The van der Waals surface area contributed by atoms with Crippen molar-refractivity contribution in [3.05, 3.63) is 29.6 Å². The average molecular weight is 198 g/mol. The molecule has 70 valence electrons. The molecular weight excluding hydrogens is 187 g/mol. The number of halogens is 1. The molecular formula is C10H11FOS. The van der Waals surface area contributed by atoms with Crippen molar-refractivity contribution in [3.8, 4) is 0 Å². The summed E-state index contributed by atoms with van der Waals surface area (Å²) in [5.41, 5.74) is 0.179. The molecule has 0 N–H and O–H groups in total. The van der Waals surface area contributed by atoms with Gasteiger partial charge in [-0.2, -0.15) is 0 Å². The van der Waals surface area contributed by atoms with Crippen LogP contribution in [0, 0.1) is 5.82 Å². The lowest BCUT2D eigenvalue weighted by atomic mass is 10.1. The number of benzene rings is 1. The molecule has 0 fully saturated rings. The van der Waals surface area contributed by atoms with Crippen molar-refractivity contribution in [2.24, 2.45) is 0 Å². The number of hydrogen-bond acceptors (Lipinski definition) is 2. The van der Waals surface area contributed by atoms with Crippen molar-refractivity contribution in [2.75, 3.05) is 5.75 Å². The van der Waals surface area contributed by atoms with Gasteiger partial charge in [0.1, 0.15) is 5.82 Å². The molecule has 1 nitrogen and oxygen atoms in total. The molecule has 0 aromatic heterocycles. The Morgan fingerprint density at radius 3 is 2.77 bits per heavy atom. The number of carbonyl (C=O) groups excluding carboxylic acids is 1. The van der Waals surface area contributed by atoms with Crippen LogP contribution in [-0.4, -0.2) is 11.5 Å². The molecule has 0 aliphatic rings. The molecule has 1 rings (SSSR count). The summed E-state index contributed by atoms with van der Waals surface area (Å²) in [5, 5.41) is 0. The van der Waals surface area contributed by atoms with Gasteiger partial charge in [-0.25, -0.2) is 4.39 Å². The van der Waals surface area contributed by atoms with Crippen LogP contribution in [0.25, 0.3) is 0 Å². The number of carbonyl (C=O) groups is 1. The Kier molecular flexibility index (Phi) is 3.48. The molecule has 1 aromatic carbocycles. The Morgan fingerprint density at radius 1 is 1.54 bits per heavy atom. The fourth-order valence-electron chi connectivity index (χ4n) is 1.03. The Labute approximate surface area is 81.3 Å². The molecule has 0 radical (unpaired) electrons. The summed E-state index contributed by atoms with van der Waals surface area (Å²) < 4.78 is 13.0. The first kappa shape index (κ1) is 10.3. The summed E-state index contributed by atoms with van der Waals surface area (Å²) in [5.74, 6) is 0.257. The van der Waals surface area contributed by atoms with E-state index in [1.54, 1.807) is 23.9 Å². The molecule has 0 unspecified atom stereocenters. The van der Waals surface area contributed by atoms with Crippen LogP contribution < -0.4 is 0 Å². The second-order valence-corrected chi connectivity index (χ2v) is 3.97. The minimum atomic E-state index is -0.437. The quantitative estimate of drug-likeness (QED) is 0.548. The fourth-order valence-corrected chi connectivity index (χ4v) is 1.73. The zero-order valence-electron chi connectivity index (χ0n) is 7.63. The normalized spacial score (nSPS) is 10.1. The topological polar surface area (TPSA) is 17.1 Å². The van der Waals surface area contributed by atoms with Crippen molar-refractivity contribution in [3.63, 3.8) is 0 Å². The van der Waals surface area contributed by atoms with Crippen LogP contribution in [0.15, 0.2) is 23.1 Å². The summed E-state index contributed by atoms with van der Waals surface area (Å²) in [6.45, 7) is 3.39. The van der Waals surface area contributed by atoms with E-state index in [1.807, 2.05) is 6.92 Å². The summed E-state index contributed by atoms with van der Waals surface area (Å²) in [7, 11) is 0. The maximum atomic E-state index is 13.0. The van der Waals surface area contributed by atoms with Gasteiger partial charge in [0.15, 0.2) is 5.78 Å². The van der Waals surface area contributed by atoms with Crippen molar-refractivity contribution < 1.29 is 9.18 Å². The monoisotopic (exact) mass is 198 g/mol. The molecule has 1 aromatic rings. The van der Waals surface area contributed by atoms with Crippen molar-refractivity contribution in [1.82, 2.24) is 0 Å². The zero-order chi connectivity index (χ0) is 9.84. The van der Waals surface area contributed by atoms with Gasteiger partial charge in [-0.15, -0.1) is 11.8 Å². The first-order valence-electron chi connectivity index (χ1n) is 4.08. The predicted molar refractivity (Wildman–Crippen MR) is 52.8 cm³/mol. The van der Waals surface area contributed by atoms with Gasteiger partial charge in [-0.3, -0.25) is 4.79 Å². The number of Topliss-reactive ketones (excluding diaryl/α,β-unsaturated/α-hetero) is 1. The SMILES string of the molecule is CCSc1ccc(F)c(C(C)=O)c1. The molecule has 0 bridgehead atoms. The van der Waals surface area contributed by atoms with Gasteiger partial charge in [-0.05, 0) is 30.9 Å². The van der Waals surface area contributed by atoms with E-state index < -0.39 is 5.82 Å². The molecule has 0 heterocycles. The summed E-state index contributed by atoms with van der Waals surface area (Å²) in [6, 6.07) is 4.64. The van der Waals surface area contributed by atoms with E-state index in [-0.39, 0.29) is 11.3 Å². The van der Waals surface area contributed by atoms with Gasteiger partial charge >= 0.3 is 0 Å². The van der Waals surface area contributed by atoms with Crippen LogP contribution in [0.1, 0.15) is 24.2 Å². The molecule has 0 aliphatic heterocycles. The number of thioether (sulfide) groups is 1. The molecule has 0 saturated heterocycles. The highest BCUT2D eigenvalue weighted by molar-refractivity contribution is 7.99. The van der Waals surface area contributed by atoms with E-state index in [0.29, 0.717) is 0 Å². The molecule has 0 amide bonds. The highest BCUT2D eigenvalue weighted by Gasteiger charge is 2.07. The van der Waals surface area contributed by atoms with Crippen LogP contribution in [0.3, 0.4) is 0 Å². The summed E-state index contributed by atoms with van der Waals surface area (Å²) in [6.07, 6.45) is 0. The van der Waals surface area contributed by atoms with Gasteiger partial charge in [0.2, 0.25) is 0 Å². The van der Waals surface area contributed by atoms with Gasteiger partial charge in [0.25, 0.3) is 0 Å². The Hall–Kier alpha value is -0.830. The summed E-state index contributed by atoms with van der Waals surface area (Å²) >= 11 is 1.60. The number of hydrogen-bond donors (Lipinski definition) is 0. The highest BCUT2D eigenvalue weighted by Crippen LogP contribution is 2.20. The third-order valence-electron chi connectivity index (χ3n) is 1.63. The molecule has 0 saturated carbocycles. The molecule has 0 spiro atoms. The maximum absolute atomic E-state index is 13.0. The Bertz CT molecular complexity index is 323. The molecule has 0 aliphatic carbocycles. The maximum Gasteiger partial charge on any atom is 0.162 e. The van der Waals surface area contributed by atoms with E-state index in [9.17, 15) is 9.18 Å². The lowest BCUT2D eigenvalue weighted by Crippen LogP contribution is -1.96. The van der Waals surface area contributed by atoms with E-state index >= 15 is 0 Å². The lowest BCUT2D eigenvalue weighted by Gasteiger charge is -2.02. The van der Waals surface area contributed by atoms with Gasteiger partial charge in [0.05, 0.1) is 5.56 Å². The first-order valence-corrected chi connectivity index (χ1v) is 5.07. The van der Waals surface area contributed by atoms with Crippen molar-refractivity contribution >= 4 is 17.5 Å².